The van der Waals surface area contributed by atoms with Crippen molar-refractivity contribution in [2.24, 2.45) is 0 Å². The molecule has 4 heteroatoms. The Hall–Kier alpha value is -3.27. The van der Waals surface area contributed by atoms with Crippen LogP contribution in [-0.2, 0) is 0 Å². The molecule has 25 heavy (non-hydrogen) atoms. The average Bonchev–Trinajstić information content (AvgIpc) is 2.65. The van der Waals surface area contributed by atoms with Crippen LogP contribution in [0.2, 0.25) is 0 Å². The molecule has 0 aliphatic heterocycles. The van der Waals surface area contributed by atoms with E-state index in [0.29, 0.717) is 5.56 Å². The molecule has 0 aromatic heterocycles. The maximum Gasteiger partial charge on any atom is 0.251 e. The van der Waals surface area contributed by atoms with Crippen molar-refractivity contribution >= 4 is 5.91 Å². The van der Waals surface area contributed by atoms with Gasteiger partial charge in [-0.15, -0.1) is 0 Å². The molecule has 0 spiro atoms. The van der Waals surface area contributed by atoms with E-state index in [4.69, 9.17) is 0 Å². The van der Waals surface area contributed by atoms with E-state index in [2.05, 4.69) is 5.32 Å². The first-order valence-corrected chi connectivity index (χ1v) is 7.99. The number of amides is 1. The third kappa shape index (κ3) is 3.48. The van der Waals surface area contributed by atoms with E-state index >= 15 is 0 Å². The third-order valence-corrected chi connectivity index (χ3v) is 4.20. The number of hydrogen-bond donors (Lipinski definition) is 3. The maximum atomic E-state index is 12.3. The molecule has 0 heterocycles. The molecular weight excluding hydrogens is 314 g/mol. The van der Waals surface area contributed by atoms with Crippen LogP contribution in [0.4, 0.5) is 0 Å². The summed E-state index contributed by atoms with van der Waals surface area (Å²) in [5.74, 6) is 0.0217. The topological polar surface area (TPSA) is 69.6 Å². The van der Waals surface area contributed by atoms with Gasteiger partial charge < -0.3 is 15.5 Å². The molecule has 3 aromatic carbocycles. The highest BCUT2D eigenvalue weighted by molar-refractivity contribution is 5.96. The van der Waals surface area contributed by atoms with Crippen LogP contribution < -0.4 is 5.32 Å². The predicted octanol–water partition coefficient (Wildman–Crippen LogP) is 3.64. The number of phenols is 2. The average molecular weight is 333 g/mol. The largest absolute Gasteiger partial charge is 0.508 e. The summed E-state index contributed by atoms with van der Waals surface area (Å²) in [5, 5.41) is 21.9. The van der Waals surface area contributed by atoms with Crippen molar-refractivity contribution in [2.75, 3.05) is 7.05 Å². The molecule has 0 bridgehead atoms. The van der Waals surface area contributed by atoms with Crippen molar-refractivity contribution in [2.45, 2.75) is 5.92 Å². The monoisotopic (exact) mass is 333 g/mol. The minimum Gasteiger partial charge on any atom is -0.508 e. The van der Waals surface area contributed by atoms with E-state index < -0.39 is 0 Å². The van der Waals surface area contributed by atoms with E-state index in [9.17, 15) is 15.0 Å². The fraction of sp³-hybridized carbons (Fsp3) is 0.0952. The third-order valence-electron chi connectivity index (χ3n) is 4.20. The van der Waals surface area contributed by atoms with Crippen LogP contribution in [0.25, 0.3) is 0 Å². The number of rotatable bonds is 4. The zero-order chi connectivity index (χ0) is 17.8. The molecule has 3 rings (SSSR count). The Morgan fingerprint density at radius 3 is 1.76 bits per heavy atom. The molecule has 1 amide bonds. The van der Waals surface area contributed by atoms with Gasteiger partial charge in [-0.2, -0.15) is 0 Å². The van der Waals surface area contributed by atoms with Gasteiger partial charge in [-0.3, -0.25) is 4.79 Å². The quantitative estimate of drug-likeness (QED) is 0.639. The zero-order valence-electron chi connectivity index (χ0n) is 13.8. The van der Waals surface area contributed by atoms with Crippen molar-refractivity contribution in [3.8, 4) is 11.5 Å². The van der Waals surface area contributed by atoms with Crippen LogP contribution in [0.3, 0.4) is 0 Å². The SMILES string of the molecule is CNC(=O)c1ccccc1C(c1ccc(O)cc1)c1ccc(O)cc1. The summed E-state index contributed by atoms with van der Waals surface area (Å²) < 4.78 is 0. The molecule has 126 valence electrons. The summed E-state index contributed by atoms with van der Waals surface area (Å²) in [6, 6.07) is 21.3. The summed E-state index contributed by atoms with van der Waals surface area (Å²) in [6.45, 7) is 0. The Balaban J connectivity index is 2.20. The van der Waals surface area contributed by atoms with Gasteiger partial charge in [0.2, 0.25) is 0 Å². The Kier molecular flexibility index (Phi) is 4.70. The lowest BCUT2D eigenvalue weighted by atomic mass is 9.82. The molecule has 0 saturated carbocycles. The molecule has 0 unspecified atom stereocenters. The summed E-state index contributed by atoms with van der Waals surface area (Å²) in [4.78, 5) is 12.3. The van der Waals surface area contributed by atoms with Crippen LogP contribution in [0.1, 0.15) is 33.0 Å². The smallest absolute Gasteiger partial charge is 0.251 e. The molecular formula is C21H19NO3. The summed E-state index contributed by atoms with van der Waals surface area (Å²) in [7, 11) is 1.61. The van der Waals surface area contributed by atoms with E-state index in [1.807, 2.05) is 42.5 Å². The molecule has 4 nitrogen and oxygen atoms in total. The standard InChI is InChI=1S/C21H19NO3/c1-22-21(25)19-5-3-2-4-18(19)20(14-6-10-16(23)11-7-14)15-8-12-17(24)13-9-15/h2-13,20,23-24H,1H3,(H,22,25). The normalized spacial score (nSPS) is 10.6. The Labute approximate surface area is 146 Å². The number of phenolic OH excluding ortho intramolecular Hbond substituents is 2. The number of nitrogens with one attached hydrogen (secondary N) is 1. The van der Waals surface area contributed by atoms with Crippen molar-refractivity contribution < 1.29 is 15.0 Å². The van der Waals surface area contributed by atoms with Gasteiger partial charge in [0.25, 0.3) is 5.91 Å². The van der Waals surface area contributed by atoms with Crippen LogP contribution in [0.15, 0.2) is 72.8 Å². The molecule has 0 atom stereocenters. The number of benzene rings is 3. The van der Waals surface area contributed by atoms with Crippen molar-refractivity contribution in [1.29, 1.82) is 0 Å². The van der Waals surface area contributed by atoms with Crippen LogP contribution in [0.5, 0.6) is 11.5 Å². The molecule has 0 saturated heterocycles. The van der Waals surface area contributed by atoms with Gasteiger partial charge in [-0.25, -0.2) is 0 Å². The first kappa shape index (κ1) is 16.6. The first-order valence-electron chi connectivity index (χ1n) is 7.99. The molecule has 3 N–H and O–H groups in total. The van der Waals surface area contributed by atoms with Crippen molar-refractivity contribution in [3.63, 3.8) is 0 Å². The van der Waals surface area contributed by atoms with Gasteiger partial charge in [0, 0.05) is 18.5 Å². The summed E-state index contributed by atoms with van der Waals surface area (Å²) in [6.07, 6.45) is 0. The lowest BCUT2D eigenvalue weighted by molar-refractivity contribution is 0.0962. The van der Waals surface area contributed by atoms with Gasteiger partial charge in [0.15, 0.2) is 0 Å². The Morgan fingerprint density at radius 1 is 0.800 bits per heavy atom. The highest BCUT2D eigenvalue weighted by Gasteiger charge is 2.22. The number of carbonyl (C=O) groups is 1. The second-order valence-electron chi connectivity index (χ2n) is 5.78. The van der Waals surface area contributed by atoms with Crippen molar-refractivity contribution in [1.82, 2.24) is 5.32 Å². The van der Waals surface area contributed by atoms with E-state index in [0.717, 1.165) is 16.7 Å². The summed E-state index contributed by atoms with van der Waals surface area (Å²) in [5.41, 5.74) is 3.34. The fourth-order valence-electron chi connectivity index (χ4n) is 2.98. The molecule has 3 aromatic rings. The highest BCUT2D eigenvalue weighted by Crippen LogP contribution is 2.35. The first-order chi connectivity index (χ1) is 12.1. The van der Waals surface area contributed by atoms with Crippen molar-refractivity contribution in [3.05, 3.63) is 95.1 Å². The maximum absolute atomic E-state index is 12.3. The molecule has 0 radical (unpaired) electrons. The minimum absolute atomic E-state index is 0.154. The van der Waals surface area contributed by atoms with E-state index in [1.54, 1.807) is 37.4 Å². The fourth-order valence-corrected chi connectivity index (χ4v) is 2.98. The summed E-state index contributed by atoms with van der Waals surface area (Å²) >= 11 is 0. The molecule has 0 aliphatic rings. The highest BCUT2D eigenvalue weighted by atomic mass is 16.3. The minimum atomic E-state index is -0.199. The van der Waals surface area contributed by atoms with Gasteiger partial charge in [0.1, 0.15) is 11.5 Å². The number of aromatic hydroxyl groups is 2. The number of hydrogen-bond acceptors (Lipinski definition) is 3. The lowest BCUT2D eigenvalue weighted by Crippen LogP contribution is -2.21. The van der Waals surface area contributed by atoms with Gasteiger partial charge in [-0.1, -0.05) is 42.5 Å². The zero-order valence-corrected chi connectivity index (χ0v) is 13.8. The molecule has 0 fully saturated rings. The lowest BCUT2D eigenvalue weighted by Gasteiger charge is -2.21. The second kappa shape index (κ2) is 7.09. The van der Waals surface area contributed by atoms with E-state index in [1.165, 1.54) is 0 Å². The second-order valence-corrected chi connectivity index (χ2v) is 5.78. The number of carbonyl (C=O) groups excluding carboxylic acids is 1. The van der Waals surface area contributed by atoms with Gasteiger partial charge in [0.05, 0.1) is 0 Å². The Bertz CT molecular complexity index is 825. The van der Waals surface area contributed by atoms with Gasteiger partial charge in [-0.05, 0) is 47.0 Å². The van der Waals surface area contributed by atoms with Crippen LogP contribution >= 0.6 is 0 Å². The predicted molar refractivity (Wildman–Crippen MR) is 97.0 cm³/mol. The van der Waals surface area contributed by atoms with Gasteiger partial charge >= 0.3 is 0 Å². The van der Waals surface area contributed by atoms with Crippen LogP contribution in [-0.4, -0.2) is 23.2 Å². The van der Waals surface area contributed by atoms with Crippen LogP contribution in [0, 0.1) is 0 Å². The molecule has 0 aliphatic carbocycles. The Morgan fingerprint density at radius 2 is 1.28 bits per heavy atom. The van der Waals surface area contributed by atoms with E-state index in [-0.39, 0.29) is 23.3 Å².